The Kier molecular flexibility index (Phi) is 6.37. The highest BCUT2D eigenvalue weighted by molar-refractivity contribution is 5.95. The molecule has 3 aromatic rings. The van der Waals surface area contributed by atoms with E-state index in [2.05, 4.69) is 24.9 Å². The Morgan fingerprint density at radius 1 is 1.15 bits per heavy atom. The van der Waals surface area contributed by atoms with E-state index in [9.17, 15) is 18.0 Å². The van der Waals surface area contributed by atoms with E-state index < -0.39 is 12.1 Å². The fourth-order valence-corrected chi connectivity index (χ4v) is 3.74. The second-order valence-electron chi connectivity index (χ2n) is 7.88. The first-order valence-electron chi connectivity index (χ1n) is 10.6. The van der Waals surface area contributed by atoms with Gasteiger partial charge in [0.05, 0.1) is 11.2 Å². The third-order valence-electron chi connectivity index (χ3n) is 5.57. The third-order valence-corrected chi connectivity index (χ3v) is 5.57. The van der Waals surface area contributed by atoms with Crippen molar-refractivity contribution in [2.45, 2.75) is 19.7 Å². The molecular formula is C23H24F3N5O2. The lowest BCUT2D eigenvalue weighted by Gasteiger charge is -2.32. The molecule has 174 valence electrons. The second kappa shape index (κ2) is 9.22. The number of nitrogens with zero attached hydrogens (tertiary/aromatic N) is 4. The average Bonchev–Trinajstić information content (AvgIpc) is 2.79. The van der Waals surface area contributed by atoms with E-state index in [1.54, 1.807) is 11.1 Å². The lowest BCUT2D eigenvalue weighted by atomic mass is 10.1. The molecule has 0 radical (unpaired) electrons. The number of fused-ring (bicyclic) bond motifs is 1. The van der Waals surface area contributed by atoms with Crippen molar-refractivity contribution in [2.75, 3.05) is 38.5 Å². The molecule has 1 amide bonds. The van der Waals surface area contributed by atoms with Crippen LogP contribution < -0.4 is 10.1 Å². The molecule has 0 aliphatic carbocycles. The molecule has 0 bridgehead atoms. The summed E-state index contributed by atoms with van der Waals surface area (Å²) in [6, 6.07) is 9.68. The van der Waals surface area contributed by atoms with Crippen LogP contribution >= 0.6 is 0 Å². The number of aryl methyl sites for hydroxylation is 1. The predicted octanol–water partition coefficient (Wildman–Crippen LogP) is 4.22. The monoisotopic (exact) mass is 459 g/mol. The van der Waals surface area contributed by atoms with Gasteiger partial charge in [-0.25, -0.2) is 9.97 Å². The fraction of sp³-hybridized carbons (Fsp3) is 0.348. The van der Waals surface area contributed by atoms with Crippen LogP contribution in [0.3, 0.4) is 0 Å². The summed E-state index contributed by atoms with van der Waals surface area (Å²) in [5.41, 5.74) is 1.85. The third kappa shape index (κ3) is 5.33. The standard InChI is InChI=1S/C23H24F3N5O2/c1-3-15-5-4-6-17-14-27-22(29-20(15)17)28-18-8-7-16(13-19(18)33-23(24,25)26)21(32)31-11-9-30(2)10-12-31/h4-8,13-14H,3,9-12H2,1-2H3,(H,27,28,29). The summed E-state index contributed by atoms with van der Waals surface area (Å²) < 4.78 is 43.6. The van der Waals surface area contributed by atoms with Crippen LogP contribution in [-0.2, 0) is 6.42 Å². The van der Waals surface area contributed by atoms with Crippen molar-refractivity contribution < 1.29 is 22.7 Å². The SMILES string of the molecule is CCc1cccc2cnc(Nc3ccc(C(=O)N4CCN(C)CC4)cc3OC(F)(F)F)nc12. The number of rotatable bonds is 5. The van der Waals surface area contributed by atoms with Gasteiger partial charge in [0.25, 0.3) is 5.91 Å². The molecule has 2 aromatic carbocycles. The van der Waals surface area contributed by atoms with Crippen molar-refractivity contribution in [3.63, 3.8) is 0 Å². The van der Waals surface area contributed by atoms with E-state index in [1.165, 1.54) is 12.1 Å². The minimum Gasteiger partial charge on any atom is -0.404 e. The van der Waals surface area contributed by atoms with Gasteiger partial charge in [-0.1, -0.05) is 25.1 Å². The van der Waals surface area contributed by atoms with E-state index in [-0.39, 0.29) is 23.1 Å². The molecule has 1 aliphatic rings. The van der Waals surface area contributed by atoms with Gasteiger partial charge in [-0.3, -0.25) is 4.79 Å². The van der Waals surface area contributed by atoms with E-state index in [4.69, 9.17) is 0 Å². The van der Waals surface area contributed by atoms with Crippen LogP contribution in [0.25, 0.3) is 10.9 Å². The van der Waals surface area contributed by atoms with Crippen molar-refractivity contribution in [2.24, 2.45) is 0 Å². The molecule has 1 fully saturated rings. The number of hydrogen-bond donors (Lipinski definition) is 1. The maximum Gasteiger partial charge on any atom is 0.573 e. The van der Waals surface area contributed by atoms with Crippen LogP contribution in [0, 0.1) is 0 Å². The lowest BCUT2D eigenvalue weighted by molar-refractivity contribution is -0.274. The van der Waals surface area contributed by atoms with Crippen LogP contribution in [0.1, 0.15) is 22.8 Å². The molecule has 1 saturated heterocycles. The van der Waals surface area contributed by atoms with Gasteiger partial charge >= 0.3 is 6.36 Å². The number of piperazine rings is 1. The molecule has 1 aromatic heterocycles. The van der Waals surface area contributed by atoms with Crippen LogP contribution in [0.2, 0.25) is 0 Å². The number of aromatic nitrogens is 2. The molecule has 33 heavy (non-hydrogen) atoms. The highest BCUT2D eigenvalue weighted by atomic mass is 19.4. The summed E-state index contributed by atoms with van der Waals surface area (Å²) in [5.74, 6) is -0.722. The van der Waals surface area contributed by atoms with Gasteiger partial charge in [0.15, 0.2) is 5.75 Å². The number of benzene rings is 2. The molecule has 1 aliphatic heterocycles. The quantitative estimate of drug-likeness (QED) is 0.616. The number of halogens is 3. The molecular weight excluding hydrogens is 435 g/mol. The molecule has 1 N–H and O–H groups in total. The Balaban J connectivity index is 1.65. The first kappa shape index (κ1) is 22.8. The normalized spacial score (nSPS) is 15.0. The molecule has 0 unspecified atom stereocenters. The highest BCUT2D eigenvalue weighted by Gasteiger charge is 2.33. The number of alkyl halides is 3. The van der Waals surface area contributed by atoms with Crippen molar-refractivity contribution in [1.82, 2.24) is 19.8 Å². The molecule has 0 saturated carbocycles. The van der Waals surface area contributed by atoms with Gasteiger partial charge in [-0.05, 0) is 37.2 Å². The van der Waals surface area contributed by atoms with Crippen molar-refractivity contribution >= 4 is 28.4 Å². The maximum atomic E-state index is 13.1. The van der Waals surface area contributed by atoms with E-state index in [0.717, 1.165) is 29.0 Å². The van der Waals surface area contributed by atoms with Gasteiger partial charge in [-0.2, -0.15) is 0 Å². The first-order chi connectivity index (χ1) is 15.7. The zero-order chi connectivity index (χ0) is 23.6. The summed E-state index contributed by atoms with van der Waals surface area (Å²) in [6.07, 6.45) is -2.57. The van der Waals surface area contributed by atoms with Gasteiger partial charge in [0.1, 0.15) is 0 Å². The largest absolute Gasteiger partial charge is 0.573 e. The van der Waals surface area contributed by atoms with Crippen molar-refractivity contribution in [3.05, 3.63) is 53.7 Å². The van der Waals surface area contributed by atoms with Crippen LogP contribution in [0.4, 0.5) is 24.8 Å². The predicted molar refractivity (Wildman–Crippen MR) is 119 cm³/mol. The second-order valence-corrected chi connectivity index (χ2v) is 7.88. The lowest BCUT2D eigenvalue weighted by Crippen LogP contribution is -2.47. The van der Waals surface area contributed by atoms with Gasteiger partial charge in [0, 0.05) is 43.3 Å². The molecule has 4 rings (SSSR count). The molecule has 0 spiro atoms. The average molecular weight is 459 g/mol. The van der Waals surface area contributed by atoms with Crippen LogP contribution in [-0.4, -0.2) is 65.3 Å². The Hall–Kier alpha value is -3.40. The number of amides is 1. The number of nitrogens with one attached hydrogen (secondary N) is 1. The summed E-state index contributed by atoms with van der Waals surface area (Å²) in [7, 11) is 1.95. The Morgan fingerprint density at radius 2 is 1.91 bits per heavy atom. The van der Waals surface area contributed by atoms with Gasteiger partial charge in [-0.15, -0.1) is 13.2 Å². The van der Waals surface area contributed by atoms with Crippen LogP contribution in [0.5, 0.6) is 5.75 Å². The van der Waals surface area contributed by atoms with E-state index >= 15 is 0 Å². The number of carbonyl (C=O) groups is 1. The van der Waals surface area contributed by atoms with E-state index in [1.807, 2.05) is 32.2 Å². The molecule has 2 heterocycles. The topological polar surface area (TPSA) is 70.6 Å². The number of anilines is 2. The zero-order valence-corrected chi connectivity index (χ0v) is 18.3. The summed E-state index contributed by atoms with van der Waals surface area (Å²) in [6.45, 7) is 4.42. The maximum absolute atomic E-state index is 13.1. The molecule has 7 nitrogen and oxygen atoms in total. The van der Waals surface area contributed by atoms with Crippen molar-refractivity contribution in [1.29, 1.82) is 0 Å². The number of para-hydroxylation sites is 1. The van der Waals surface area contributed by atoms with Gasteiger partial charge < -0.3 is 19.9 Å². The Bertz CT molecular complexity index is 1160. The minimum atomic E-state index is -4.93. The minimum absolute atomic E-state index is 0.00980. The smallest absolute Gasteiger partial charge is 0.404 e. The van der Waals surface area contributed by atoms with Crippen LogP contribution in [0.15, 0.2) is 42.6 Å². The highest BCUT2D eigenvalue weighted by Crippen LogP contribution is 2.33. The number of likely N-dealkylation sites (N-methyl/N-ethyl adjacent to an activating group) is 1. The summed E-state index contributed by atoms with van der Waals surface area (Å²) in [5, 5.41) is 3.64. The summed E-state index contributed by atoms with van der Waals surface area (Å²) >= 11 is 0. The Morgan fingerprint density at radius 3 is 2.61 bits per heavy atom. The first-order valence-corrected chi connectivity index (χ1v) is 10.6. The number of ether oxygens (including phenoxy) is 1. The Labute approximate surface area is 189 Å². The molecule has 0 atom stereocenters. The van der Waals surface area contributed by atoms with E-state index in [0.29, 0.717) is 26.2 Å². The fourth-order valence-electron chi connectivity index (χ4n) is 3.74. The molecule has 10 heteroatoms. The zero-order valence-electron chi connectivity index (χ0n) is 18.3. The number of carbonyl (C=O) groups excluding carboxylic acids is 1. The number of hydrogen-bond acceptors (Lipinski definition) is 6. The summed E-state index contributed by atoms with van der Waals surface area (Å²) in [4.78, 5) is 25.2. The van der Waals surface area contributed by atoms with Gasteiger partial charge in [0.2, 0.25) is 5.95 Å². The van der Waals surface area contributed by atoms with Crippen molar-refractivity contribution in [3.8, 4) is 5.75 Å².